The first-order valence-electron chi connectivity index (χ1n) is 16.3. The van der Waals surface area contributed by atoms with E-state index in [1.807, 2.05) is 0 Å². The molecular formula is C26H48N7O12P3. The standard InChI is InChI=1S/C26H48N7O12P3/c27-46(36,37)44-48(40,41)45-47(38,39)42-16-20-22(34)23(35)26(43-20)33-18-32-21-24(30-17-31-25(21)33)29-15-11-7-6-10-14-28-19-12-8-4-2-1-3-5-9-13-19/h17-20,22-23,26,28,34-35H,1-16H2,(H,38,39)(H,40,41)(H3,27,36,37)(H,29,30,31)/t20-,22?,23?,26-/m1/s1. The fraction of sp³-hybridized carbons (Fsp3) is 0.808. The fourth-order valence-corrected chi connectivity index (χ4v) is 9.02. The monoisotopic (exact) mass is 743 g/mol. The van der Waals surface area contributed by atoms with Crippen molar-refractivity contribution in [2.24, 2.45) is 5.50 Å². The molecule has 0 bridgehead atoms. The van der Waals surface area contributed by atoms with Gasteiger partial charge >= 0.3 is 23.4 Å². The van der Waals surface area contributed by atoms with E-state index < -0.39 is 54.5 Å². The topological polar surface area (TPSA) is 283 Å². The molecule has 0 aromatic carbocycles. The molecule has 1 aliphatic heterocycles. The summed E-state index contributed by atoms with van der Waals surface area (Å²) in [6.45, 7) is 0.786. The lowest BCUT2D eigenvalue weighted by molar-refractivity contribution is -0.0503. The molecule has 19 nitrogen and oxygen atoms in total. The minimum absolute atomic E-state index is 0.279. The molecule has 7 atom stereocenters. The van der Waals surface area contributed by atoms with Crippen LogP contribution in [0.2, 0.25) is 0 Å². The number of aliphatic hydroxyl groups excluding tert-OH is 2. The highest BCUT2D eigenvalue weighted by molar-refractivity contribution is 7.67. The number of imidazole rings is 1. The first kappa shape index (κ1) is 39.4. The Labute approximate surface area is 278 Å². The van der Waals surface area contributed by atoms with E-state index in [9.17, 15) is 33.7 Å². The van der Waals surface area contributed by atoms with Crippen LogP contribution in [-0.4, -0.2) is 88.5 Å². The largest absolute Gasteiger partial charge is 0.489 e. The van der Waals surface area contributed by atoms with E-state index >= 15 is 0 Å². The second-order valence-corrected chi connectivity index (χ2v) is 16.7. The lowest BCUT2D eigenvalue weighted by atomic mass is 9.97. The Morgan fingerprint density at radius 2 is 1.50 bits per heavy atom. The van der Waals surface area contributed by atoms with E-state index in [0.29, 0.717) is 23.9 Å². The Bertz CT molecular complexity index is 1440. The maximum absolute atomic E-state index is 12.1. The van der Waals surface area contributed by atoms with Crippen molar-refractivity contribution in [2.75, 3.05) is 25.0 Å². The summed E-state index contributed by atoms with van der Waals surface area (Å²) in [7, 11) is -16.1. The predicted octanol–water partition coefficient (Wildman–Crippen LogP) is 3.21. The summed E-state index contributed by atoms with van der Waals surface area (Å²) in [5, 5.41) is 28.2. The molecule has 0 amide bonds. The van der Waals surface area contributed by atoms with E-state index in [0.717, 1.165) is 32.2 Å². The van der Waals surface area contributed by atoms with Crippen LogP contribution in [0.3, 0.4) is 0 Å². The number of hydrogen-bond acceptors (Lipinski definition) is 14. The highest BCUT2D eigenvalue weighted by atomic mass is 31.3. The number of ether oxygens (including phenoxy) is 1. The summed E-state index contributed by atoms with van der Waals surface area (Å²) in [5.74, 6) is 0.475. The van der Waals surface area contributed by atoms with E-state index in [4.69, 9.17) is 9.63 Å². The number of anilines is 1. The molecule has 274 valence electrons. The van der Waals surface area contributed by atoms with Crippen LogP contribution >= 0.6 is 23.4 Å². The average molecular weight is 744 g/mol. The summed E-state index contributed by atoms with van der Waals surface area (Å²) < 4.78 is 54.0. The molecule has 1 aliphatic carbocycles. The SMILES string of the molecule is NP(=O)(O)OP(=O)(O)OP(=O)(O)OC[C@H]1O[C@@H](n2cnc3c(NCCCCCCNC4CCCCCCCCC4)ncnc32)C(O)C1O. The van der Waals surface area contributed by atoms with Crippen molar-refractivity contribution in [3.8, 4) is 0 Å². The number of nitrogens with zero attached hydrogens (tertiary/aromatic N) is 4. The van der Waals surface area contributed by atoms with Gasteiger partial charge in [0.05, 0.1) is 12.9 Å². The van der Waals surface area contributed by atoms with Gasteiger partial charge in [-0.15, -0.1) is 0 Å². The molecule has 22 heteroatoms. The maximum atomic E-state index is 12.1. The summed E-state index contributed by atoms with van der Waals surface area (Å²) in [4.78, 5) is 40.8. The van der Waals surface area contributed by atoms with Gasteiger partial charge in [0.15, 0.2) is 23.2 Å². The molecule has 48 heavy (non-hydrogen) atoms. The number of rotatable bonds is 17. The van der Waals surface area contributed by atoms with Gasteiger partial charge in [-0.05, 0) is 32.2 Å². The lowest BCUT2D eigenvalue weighted by Crippen LogP contribution is -2.33. The third-order valence-electron chi connectivity index (χ3n) is 8.23. The molecule has 2 aromatic rings. The number of phosphoric ester groups is 1. The normalized spacial score (nSPS) is 26.9. The van der Waals surface area contributed by atoms with Crippen LogP contribution in [0.15, 0.2) is 12.7 Å². The van der Waals surface area contributed by atoms with Crippen LogP contribution in [0, 0.1) is 0 Å². The van der Waals surface area contributed by atoms with Gasteiger partial charge in [-0.25, -0.2) is 34.2 Å². The van der Waals surface area contributed by atoms with Crippen molar-refractivity contribution in [1.29, 1.82) is 0 Å². The highest BCUT2D eigenvalue weighted by Gasteiger charge is 2.46. The smallest absolute Gasteiger partial charge is 0.387 e. The van der Waals surface area contributed by atoms with Gasteiger partial charge in [-0.3, -0.25) is 9.09 Å². The van der Waals surface area contributed by atoms with Crippen LogP contribution in [0.5, 0.6) is 0 Å². The van der Waals surface area contributed by atoms with Gasteiger partial charge in [-0.2, -0.15) is 8.62 Å². The molecule has 5 unspecified atom stereocenters. The van der Waals surface area contributed by atoms with E-state index in [-0.39, 0.29) is 5.65 Å². The summed E-state index contributed by atoms with van der Waals surface area (Å²) in [6, 6.07) is 0.638. The molecule has 9 N–H and O–H groups in total. The Morgan fingerprint density at radius 1 is 0.854 bits per heavy atom. The number of phosphoric acid groups is 2. The van der Waals surface area contributed by atoms with Crippen LogP contribution in [0.4, 0.5) is 5.82 Å². The van der Waals surface area contributed by atoms with Crippen LogP contribution in [0.25, 0.3) is 11.2 Å². The third kappa shape index (κ3) is 12.4. The molecule has 2 fully saturated rings. The van der Waals surface area contributed by atoms with Gasteiger partial charge in [0, 0.05) is 12.6 Å². The number of unbranched alkanes of at least 4 members (excludes halogenated alkanes) is 3. The summed E-state index contributed by atoms with van der Waals surface area (Å²) >= 11 is 0. The predicted molar refractivity (Wildman–Crippen MR) is 173 cm³/mol. The molecular weight excluding hydrogens is 695 g/mol. The second kappa shape index (κ2) is 18.2. The number of nitrogens with two attached hydrogens (primary N) is 1. The molecule has 2 aliphatic rings. The summed E-state index contributed by atoms with van der Waals surface area (Å²) in [6.07, 6.45) is 13.0. The molecule has 1 saturated carbocycles. The van der Waals surface area contributed by atoms with Crippen molar-refractivity contribution in [1.82, 2.24) is 24.8 Å². The van der Waals surface area contributed by atoms with Gasteiger partial charge in [0.25, 0.3) is 0 Å². The molecule has 0 spiro atoms. The third-order valence-corrected chi connectivity index (χ3v) is 12.1. The van der Waals surface area contributed by atoms with Gasteiger partial charge in [0.1, 0.15) is 24.6 Å². The van der Waals surface area contributed by atoms with Gasteiger partial charge in [0.2, 0.25) is 0 Å². The molecule has 1 saturated heterocycles. The molecule has 3 heterocycles. The number of aromatic nitrogens is 4. The lowest BCUT2D eigenvalue weighted by Gasteiger charge is -2.20. The first-order valence-corrected chi connectivity index (χ1v) is 20.9. The van der Waals surface area contributed by atoms with Crippen molar-refractivity contribution in [2.45, 2.75) is 114 Å². The average Bonchev–Trinajstić information content (AvgIpc) is 3.55. The Balaban J connectivity index is 1.22. The maximum Gasteiger partial charge on any atom is 0.489 e. The van der Waals surface area contributed by atoms with E-state index in [2.05, 4.69) is 44.2 Å². The molecule has 4 rings (SSSR count). The Kier molecular flexibility index (Phi) is 14.9. The fourth-order valence-electron chi connectivity index (χ4n) is 5.88. The first-order chi connectivity index (χ1) is 22.7. The Hall–Kier alpha value is -1.40. The van der Waals surface area contributed by atoms with Crippen molar-refractivity contribution in [3.05, 3.63) is 12.7 Å². The zero-order chi connectivity index (χ0) is 34.8. The van der Waals surface area contributed by atoms with Gasteiger partial charge in [-0.1, -0.05) is 57.8 Å². The minimum atomic E-state index is -5.60. The molecule has 0 radical (unpaired) electrons. The number of hydrogen-bond donors (Lipinski definition) is 8. The van der Waals surface area contributed by atoms with Crippen molar-refractivity contribution >= 4 is 40.4 Å². The van der Waals surface area contributed by atoms with Gasteiger partial charge < -0.3 is 40.3 Å². The number of fused-ring (bicyclic) bond motifs is 1. The number of nitrogens with one attached hydrogen (secondary N) is 2. The van der Waals surface area contributed by atoms with Crippen LogP contribution < -0.4 is 16.1 Å². The van der Waals surface area contributed by atoms with Crippen LogP contribution in [-0.2, 0) is 31.6 Å². The van der Waals surface area contributed by atoms with E-state index in [1.165, 1.54) is 75.0 Å². The van der Waals surface area contributed by atoms with Crippen molar-refractivity contribution in [3.63, 3.8) is 0 Å². The van der Waals surface area contributed by atoms with Crippen LogP contribution in [0.1, 0.15) is 89.7 Å². The minimum Gasteiger partial charge on any atom is -0.387 e. The Morgan fingerprint density at radius 3 is 2.17 bits per heavy atom. The second-order valence-electron chi connectivity index (χ2n) is 12.1. The van der Waals surface area contributed by atoms with Crippen molar-refractivity contribution < 1.29 is 56.5 Å². The number of aliphatic hydroxyl groups is 2. The van der Waals surface area contributed by atoms with E-state index in [1.54, 1.807) is 0 Å². The quantitative estimate of drug-likeness (QED) is 0.0852. The summed E-state index contributed by atoms with van der Waals surface area (Å²) in [5.41, 5.74) is 5.28. The zero-order valence-corrected chi connectivity index (χ0v) is 29.3. The zero-order valence-electron chi connectivity index (χ0n) is 26.7. The highest BCUT2D eigenvalue weighted by Crippen LogP contribution is 2.65. The molecule has 2 aromatic heterocycles.